The molecular formula is C16H25N3O3. The zero-order valence-electron chi connectivity index (χ0n) is 13.7. The van der Waals surface area contributed by atoms with Crippen LogP contribution in [0, 0.1) is 0 Å². The molecular weight excluding hydrogens is 282 g/mol. The monoisotopic (exact) mass is 307 g/mol. The summed E-state index contributed by atoms with van der Waals surface area (Å²) >= 11 is 0. The van der Waals surface area contributed by atoms with Crippen molar-refractivity contribution in [3.8, 4) is 5.75 Å². The molecule has 1 aromatic carbocycles. The Balaban J connectivity index is 2.71. The Morgan fingerprint density at radius 1 is 1.27 bits per heavy atom. The molecule has 0 saturated heterocycles. The van der Waals surface area contributed by atoms with Gasteiger partial charge in [-0.25, -0.2) is 4.79 Å². The number of guanidine groups is 1. The number of nitrogens with zero attached hydrogens (tertiary/aromatic N) is 1. The van der Waals surface area contributed by atoms with Crippen LogP contribution in [0.15, 0.2) is 23.2 Å². The fraction of sp³-hybridized carbons (Fsp3) is 0.500. The maximum absolute atomic E-state index is 11.8. The van der Waals surface area contributed by atoms with Crippen molar-refractivity contribution in [1.82, 2.24) is 10.6 Å². The Labute approximate surface area is 131 Å². The molecule has 0 saturated carbocycles. The third-order valence-corrected chi connectivity index (χ3v) is 3.18. The molecule has 0 aliphatic rings. The van der Waals surface area contributed by atoms with Gasteiger partial charge in [-0.1, -0.05) is 19.4 Å². The molecule has 2 N–H and O–H groups in total. The molecule has 0 bridgehead atoms. The Morgan fingerprint density at radius 3 is 2.64 bits per heavy atom. The molecule has 122 valence electrons. The van der Waals surface area contributed by atoms with Crippen LogP contribution in [-0.2, 0) is 11.3 Å². The highest BCUT2D eigenvalue weighted by atomic mass is 16.5. The largest absolute Gasteiger partial charge is 0.496 e. The Hall–Kier alpha value is -2.24. The van der Waals surface area contributed by atoms with Gasteiger partial charge in [0.05, 0.1) is 14.2 Å². The van der Waals surface area contributed by atoms with E-state index in [-0.39, 0.29) is 0 Å². The summed E-state index contributed by atoms with van der Waals surface area (Å²) < 4.78 is 9.95. The van der Waals surface area contributed by atoms with E-state index < -0.39 is 5.97 Å². The summed E-state index contributed by atoms with van der Waals surface area (Å²) in [5, 5.41) is 6.45. The van der Waals surface area contributed by atoms with Crippen LogP contribution in [0.3, 0.4) is 0 Å². The van der Waals surface area contributed by atoms with E-state index in [2.05, 4.69) is 22.5 Å². The average molecular weight is 307 g/mol. The number of methoxy groups -OCH3 is 2. The quantitative estimate of drug-likeness (QED) is 0.349. The molecule has 0 unspecified atom stereocenters. The second-order valence-electron chi connectivity index (χ2n) is 4.73. The summed E-state index contributed by atoms with van der Waals surface area (Å²) in [6.45, 7) is 3.58. The minimum Gasteiger partial charge on any atom is -0.496 e. The Kier molecular flexibility index (Phi) is 7.81. The molecule has 0 fully saturated rings. The second-order valence-corrected chi connectivity index (χ2v) is 4.73. The molecule has 22 heavy (non-hydrogen) atoms. The van der Waals surface area contributed by atoms with Crippen LogP contribution in [-0.4, -0.2) is 39.7 Å². The van der Waals surface area contributed by atoms with Crippen LogP contribution in [0.4, 0.5) is 0 Å². The number of benzene rings is 1. The molecule has 6 heteroatoms. The third-order valence-electron chi connectivity index (χ3n) is 3.18. The van der Waals surface area contributed by atoms with E-state index in [1.54, 1.807) is 19.2 Å². The number of hydrogen-bond donors (Lipinski definition) is 2. The van der Waals surface area contributed by atoms with Crippen LogP contribution in [0.2, 0.25) is 0 Å². The molecule has 0 atom stereocenters. The predicted octanol–water partition coefficient (Wildman–Crippen LogP) is 1.95. The van der Waals surface area contributed by atoms with Crippen molar-refractivity contribution in [1.29, 1.82) is 0 Å². The van der Waals surface area contributed by atoms with Crippen molar-refractivity contribution >= 4 is 11.9 Å². The highest BCUT2D eigenvalue weighted by molar-refractivity contribution is 5.92. The number of hydrogen-bond acceptors (Lipinski definition) is 4. The van der Waals surface area contributed by atoms with Gasteiger partial charge in [-0.3, -0.25) is 4.99 Å². The first kappa shape index (κ1) is 17.8. The van der Waals surface area contributed by atoms with E-state index in [0.717, 1.165) is 30.9 Å². The number of ether oxygens (including phenoxy) is 2. The molecule has 0 aliphatic heterocycles. The van der Waals surface area contributed by atoms with Gasteiger partial charge >= 0.3 is 5.97 Å². The molecule has 1 rings (SSSR count). The number of esters is 1. The molecule has 0 aliphatic carbocycles. The van der Waals surface area contributed by atoms with Gasteiger partial charge in [0.15, 0.2) is 5.96 Å². The van der Waals surface area contributed by atoms with Gasteiger partial charge in [-0.15, -0.1) is 0 Å². The van der Waals surface area contributed by atoms with Gasteiger partial charge in [-0.05, 0) is 24.1 Å². The topological polar surface area (TPSA) is 72.0 Å². The van der Waals surface area contributed by atoms with Crippen LogP contribution >= 0.6 is 0 Å². The standard InChI is InChI=1S/C16H25N3O3/c1-5-6-9-18-16(17-2)19-11-12-7-8-14(21-3)13(10-12)15(20)22-4/h7-8,10H,5-6,9,11H2,1-4H3,(H2,17,18,19). The summed E-state index contributed by atoms with van der Waals surface area (Å²) in [6.07, 6.45) is 2.22. The highest BCUT2D eigenvalue weighted by Crippen LogP contribution is 2.20. The summed E-state index contributed by atoms with van der Waals surface area (Å²) in [5.74, 6) is 0.828. The average Bonchev–Trinajstić information content (AvgIpc) is 2.57. The van der Waals surface area contributed by atoms with Crippen LogP contribution in [0.1, 0.15) is 35.7 Å². The van der Waals surface area contributed by atoms with Gasteiger partial charge in [0.1, 0.15) is 11.3 Å². The first-order valence-electron chi connectivity index (χ1n) is 7.36. The molecule has 0 amide bonds. The summed E-state index contributed by atoms with van der Waals surface area (Å²) in [5.41, 5.74) is 1.36. The van der Waals surface area contributed by atoms with Gasteiger partial charge in [-0.2, -0.15) is 0 Å². The van der Waals surface area contributed by atoms with Crippen molar-refractivity contribution in [2.45, 2.75) is 26.3 Å². The first-order valence-corrected chi connectivity index (χ1v) is 7.36. The predicted molar refractivity (Wildman–Crippen MR) is 87.4 cm³/mol. The van der Waals surface area contributed by atoms with Crippen LogP contribution < -0.4 is 15.4 Å². The zero-order chi connectivity index (χ0) is 16.4. The number of rotatable bonds is 7. The van der Waals surface area contributed by atoms with E-state index in [0.29, 0.717) is 17.9 Å². The maximum atomic E-state index is 11.8. The molecule has 0 heterocycles. The van der Waals surface area contributed by atoms with Crippen molar-refractivity contribution in [3.63, 3.8) is 0 Å². The van der Waals surface area contributed by atoms with Crippen molar-refractivity contribution in [2.24, 2.45) is 4.99 Å². The molecule has 0 radical (unpaired) electrons. The molecule has 0 spiro atoms. The van der Waals surface area contributed by atoms with E-state index in [1.165, 1.54) is 14.2 Å². The summed E-state index contributed by atoms with van der Waals surface area (Å²) in [7, 11) is 4.61. The Morgan fingerprint density at radius 2 is 2.05 bits per heavy atom. The second kappa shape index (κ2) is 9.65. The minimum absolute atomic E-state index is 0.413. The number of carbonyl (C=O) groups excluding carboxylic acids is 1. The van der Waals surface area contributed by atoms with E-state index in [9.17, 15) is 4.79 Å². The fourth-order valence-corrected chi connectivity index (χ4v) is 1.92. The lowest BCUT2D eigenvalue weighted by Crippen LogP contribution is -2.37. The smallest absolute Gasteiger partial charge is 0.341 e. The molecule has 0 aromatic heterocycles. The van der Waals surface area contributed by atoms with Crippen LogP contribution in [0.5, 0.6) is 5.75 Å². The van der Waals surface area contributed by atoms with E-state index in [4.69, 9.17) is 9.47 Å². The first-order chi connectivity index (χ1) is 10.7. The van der Waals surface area contributed by atoms with Gasteiger partial charge in [0.25, 0.3) is 0 Å². The maximum Gasteiger partial charge on any atom is 0.341 e. The highest BCUT2D eigenvalue weighted by Gasteiger charge is 2.13. The lowest BCUT2D eigenvalue weighted by Gasteiger charge is -2.13. The fourth-order valence-electron chi connectivity index (χ4n) is 1.92. The molecule has 1 aromatic rings. The van der Waals surface area contributed by atoms with Crippen molar-refractivity contribution in [3.05, 3.63) is 29.3 Å². The lowest BCUT2D eigenvalue weighted by molar-refractivity contribution is 0.0597. The third kappa shape index (κ3) is 5.27. The Bertz CT molecular complexity index is 515. The van der Waals surface area contributed by atoms with Crippen LogP contribution in [0.25, 0.3) is 0 Å². The van der Waals surface area contributed by atoms with E-state index in [1.807, 2.05) is 6.07 Å². The summed E-state index contributed by atoms with van der Waals surface area (Å²) in [4.78, 5) is 15.9. The van der Waals surface area contributed by atoms with Gasteiger partial charge in [0, 0.05) is 20.1 Å². The number of nitrogens with one attached hydrogen (secondary N) is 2. The number of carbonyl (C=O) groups is 1. The van der Waals surface area contributed by atoms with Gasteiger partial charge < -0.3 is 20.1 Å². The van der Waals surface area contributed by atoms with Gasteiger partial charge in [0.2, 0.25) is 0 Å². The zero-order valence-corrected chi connectivity index (χ0v) is 13.7. The number of unbranched alkanes of at least 4 members (excludes halogenated alkanes) is 1. The minimum atomic E-state index is -0.413. The number of aliphatic imine (C=N–C) groups is 1. The normalized spacial score (nSPS) is 11.0. The van der Waals surface area contributed by atoms with Crippen molar-refractivity contribution in [2.75, 3.05) is 27.8 Å². The summed E-state index contributed by atoms with van der Waals surface area (Å²) in [6, 6.07) is 5.42. The SMILES string of the molecule is CCCCNC(=NC)NCc1ccc(OC)c(C(=O)OC)c1. The molecule has 6 nitrogen and oxygen atoms in total. The van der Waals surface area contributed by atoms with Crippen molar-refractivity contribution < 1.29 is 14.3 Å². The lowest BCUT2D eigenvalue weighted by atomic mass is 10.1. The van der Waals surface area contributed by atoms with E-state index >= 15 is 0 Å².